The lowest BCUT2D eigenvalue weighted by molar-refractivity contribution is 1.08. The van der Waals surface area contributed by atoms with Crippen LogP contribution in [0.2, 0.25) is 5.54 Å². The lowest BCUT2D eigenvalue weighted by Crippen LogP contribution is -1.79. The molecule has 0 aliphatic carbocycles. The minimum Gasteiger partial charge on any atom is -0.128 e. The van der Waals surface area contributed by atoms with Gasteiger partial charge >= 0.3 is 0 Å². The maximum Gasteiger partial charge on any atom is 0.0963 e. The molecule has 0 saturated heterocycles. The van der Waals surface area contributed by atoms with Crippen molar-refractivity contribution in [3.63, 3.8) is 0 Å². The zero-order valence-electron chi connectivity index (χ0n) is 3.66. The summed E-state index contributed by atoms with van der Waals surface area (Å²) in [4.78, 5) is 0. The van der Waals surface area contributed by atoms with Crippen LogP contribution in [0, 0.1) is 0 Å². The molecule has 2 heteroatoms. The van der Waals surface area contributed by atoms with Crippen LogP contribution in [0.5, 0.6) is 0 Å². The zero-order chi connectivity index (χ0) is 4.28. The monoisotopic (exact) mass is 200 g/mol. The van der Waals surface area contributed by atoms with Crippen LogP contribution < -0.4 is 0 Å². The maximum absolute atomic E-state index is 2.52. The highest BCUT2D eigenvalue weighted by Gasteiger charge is 1.83. The number of rotatable bonds is 1. The molecule has 0 radical (unpaired) electrons. The summed E-state index contributed by atoms with van der Waals surface area (Å²) in [6, 6.07) is 0. The summed E-state index contributed by atoms with van der Waals surface area (Å²) in [5.74, 6) is 0. The van der Waals surface area contributed by atoms with Crippen LogP contribution in [0.15, 0.2) is 0 Å². The Morgan fingerprint density at radius 3 is 1.80 bits per heavy atom. The van der Waals surface area contributed by atoms with E-state index in [9.17, 15) is 0 Å². The minimum atomic E-state index is 0.319. The summed E-state index contributed by atoms with van der Waals surface area (Å²) in [5.41, 5.74) is 1.01. The molecule has 0 heterocycles. The molecule has 0 rings (SSSR count). The molecule has 0 N–H and O–H groups in total. The van der Waals surface area contributed by atoms with Crippen LogP contribution in [0.4, 0.5) is 0 Å². The molecule has 0 aliphatic heterocycles. The first-order chi connectivity index (χ1) is 2.27. The van der Waals surface area contributed by atoms with E-state index in [0.717, 1.165) is 5.54 Å². The van der Waals surface area contributed by atoms with Crippen LogP contribution in [0.1, 0.15) is 13.8 Å². The quantitative estimate of drug-likeness (QED) is 0.340. The predicted octanol–water partition coefficient (Wildman–Crippen LogP) is 1.33. The lowest BCUT2D eigenvalue weighted by atomic mass is 10.6. The van der Waals surface area contributed by atoms with Crippen molar-refractivity contribution in [3.8, 4) is 0 Å². The van der Waals surface area contributed by atoms with Gasteiger partial charge in [0.1, 0.15) is 0 Å². The average Bonchev–Trinajstić information content (AvgIpc) is 1.38. The molecule has 0 aliphatic rings. The van der Waals surface area contributed by atoms with E-state index >= 15 is 0 Å². The van der Waals surface area contributed by atoms with Crippen LogP contribution in [0.25, 0.3) is 0 Å². The highest BCUT2D eigenvalue weighted by Crippen LogP contribution is 1.99. The van der Waals surface area contributed by atoms with Crippen molar-refractivity contribution < 1.29 is 0 Å². The van der Waals surface area contributed by atoms with Crippen LogP contribution in [0.3, 0.4) is 0 Å². The molecule has 0 aromatic carbocycles. The molecule has 0 bridgehead atoms. The molecule has 0 spiro atoms. The fourth-order valence-corrected chi connectivity index (χ4v) is 0. The van der Waals surface area contributed by atoms with E-state index in [2.05, 4.69) is 35.6 Å². The Labute approximate surface area is 48.4 Å². The predicted molar refractivity (Wildman–Crippen MR) is 37.7 cm³/mol. The Balaban J connectivity index is 2.54. The molecule has 5 heavy (non-hydrogen) atoms. The van der Waals surface area contributed by atoms with Gasteiger partial charge in [-0.1, -0.05) is 13.8 Å². The molecule has 0 aromatic heterocycles. The molecule has 0 atom stereocenters. The second-order valence-electron chi connectivity index (χ2n) is 1.55. The van der Waals surface area contributed by atoms with E-state index in [0.29, 0.717) is 7.02 Å². The summed E-state index contributed by atoms with van der Waals surface area (Å²) in [6.45, 7) is 4.55. The number of hydrogen-bond acceptors (Lipinski definition) is 0. The van der Waals surface area contributed by atoms with Crippen LogP contribution in [-0.4, -0.2) is 7.02 Å². The molecule has 0 aromatic rings. The Bertz CT molecular complexity index is 20.9. The smallest absolute Gasteiger partial charge is 0.0963 e. The van der Waals surface area contributed by atoms with Gasteiger partial charge in [0.25, 0.3) is 0 Å². The lowest BCUT2D eigenvalue weighted by Gasteiger charge is -1.87. The molecule has 0 unspecified atom stereocenters. The summed E-state index contributed by atoms with van der Waals surface area (Å²) in [6.07, 6.45) is 0. The minimum absolute atomic E-state index is 0.319. The second kappa shape index (κ2) is 3.15. The van der Waals surface area contributed by atoms with Gasteiger partial charge in [-0.2, -0.15) is 0 Å². The van der Waals surface area contributed by atoms with E-state index in [-0.39, 0.29) is 0 Å². The van der Waals surface area contributed by atoms with E-state index in [4.69, 9.17) is 0 Å². The molecule has 0 saturated carbocycles. The van der Waals surface area contributed by atoms with Gasteiger partial charge in [-0.15, -0.1) is 21.8 Å². The van der Waals surface area contributed by atoms with Gasteiger partial charge in [0.05, 0.1) is 7.02 Å². The summed E-state index contributed by atoms with van der Waals surface area (Å²) >= 11 is 2.52. The Kier molecular flexibility index (Phi) is 3.75. The van der Waals surface area contributed by atoms with Gasteiger partial charge in [-0.05, 0) is 5.54 Å². The fourth-order valence-electron chi connectivity index (χ4n) is 0. The second-order valence-corrected chi connectivity index (χ2v) is 6.13. The van der Waals surface area contributed by atoms with Crippen molar-refractivity contribution >= 4 is 28.8 Å². The van der Waals surface area contributed by atoms with Gasteiger partial charge in [0.2, 0.25) is 0 Å². The first-order valence-electron chi connectivity index (χ1n) is 1.83. The van der Waals surface area contributed by atoms with Gasteiger partial charge < -0.3 is 0 Å². The summed E-state index contributed by atoms with van der Waals surface area (Å²) in [7, 11) is 0.319. The van der Waals surface area contributed by atoms with E-state index < -0.39 is 0 Å². The van der Waals surface area contributed by atoms with E-state index in [1.54, 1.807) is 0 Å². The third kappa shape index (κ3) is 4.95. The van der Waals surface area contributed by atoms with Crippen molar-refractivity contribution in [1.29, 1.82) is 0 Å². The van der Waals surface area contributed by atoms with Crippen molar-refractivity contribution in [2.75, 3.05) is 0 Å². The Hall–Kier alpha value is 0.947. The summed E-state index contributed by atoms with van der Waals surface area (Å²) < 4.78 is 0. The van der Waals surface area contributed by atoms with E-state index in [1.165, 1.54) is 0 Å². The van der Waals surface area contributed by atoms with Crippen molar-refractivity contribution in [3.05, 3.63) is 0 Å². The number of hydrogen-bond donors (Lipinski definition) is 0. The molecule has 0 fully saturated rings. The van der Waals surface area contributed by atoms with Crippen LogP contribution in [-0.2, 0) is 0 Å². The fraction of sp³-hybridized carbons (Fsp3) is 1.00. The normalized spacial score (nSPS) is 12.0. The molecule has 0 amide bonds. The Morgan fingerprint density at radius 1 is 1.60 bits per heavy atom. The van der Waals surface area contributed by atoms with Gasteiger partial charge in [-0.25, -0.2) is 0 Å². The molecule has 32 valence electrons. The van der Waals surface area contributed by atoms with Crippen LogP contribution >= 0.6 is 21.8 Å². The van der Waals surface area contributed by atoms with Gasteiger partial charge in [-0.3, -0.25) is 0 Å². The third-order valence-corrected chi connectivity index (χ3v) is 6.21. The van der Waals surface area contributed by atoms with Crippen molar-refractivity contribution in [2.24, 2.45) is 0 Å². The first kappa shape index (κ1) is 5.95. The Morgan fingerprint density at radius 2 is 1.80 bits per heavy atom. The third-order valence-electron chi connectivity index (χ3n) is 0.309. The molecular formula is C3H9ISi. The van der Waals surface area contributed by atoms with Crippen molar-refractivity contribution in [2.45, 2.75) is 19.4 Å². The van der Waals surface area contributed by atoms with Crippen molar-refractivity contribution in [1.82, 2.24) is 0 Å². The van der Waals surface area contributed by atoms with Gasteiger partial charge in [0, 0.05) is 0 Å². The largest absolute Gasteiger partial charge is 0.128 e. The standard InChI is InChI=1S/C3H9ISi/c1-3(2)5-4/h3H,5H2,1-2H3. The number of halogens is 1. The maximum atomic E-state index is 2.52. The summed E-state index contributed by atoms with van der Waals surface area (Å²) in [5, 5.41) is 0. The molecular weight excluding hydrogens is 191 g/mol. The highest BCUT2D eigenvalue weighted by atomic mass is 127. The molecule has 0 nitrogen and oxygen atoms in total. The zero-order valence-corrected chi connectivity index (χ0v) is 7.23. The highest BCUT2D eigenvalue weighted by molar-refractivity contribution is 14.1. The topological polar surface area (TPSA) is 0 Å². The van der Waals surface area contributed by atoms with Gasteiger partial charge in [0.15, 0.2) is 0 Å². The average molecular weight is 200 g/mol. The first-order valence-corrected chi connectivity index (χ1v) is 7.76. The van der Waals surface area contributed by atoms with E-state index in [1.807, 2.05) is 0 Å². The SMILES string of the molecule is CC(C)[SiH2]I.